The Hall–Kier alpha value is -3.36. The number of hydrogen-bond donors (Lipinski definition) is 0. The number of fused-ring (bicyclic) bond motifs is 1. The molecule has 7 nitrogen and oxygen atoms in total. The van der Waals surface area contributed by atoms with Crippen molar-refractivity contribution in [1.82, 2.24) is 19.1 Å². The third kappa shape index (κ3) is 4.51. The van der Waals surface area contributed by atoms with E-state index in [4.69, 9.17) is 0 Å². The van der Waals surface area contributed by atoms with E-state index >= 15 is 0 Å². The lowest BCUT2D eigenvalue weighted by atomic mass is 9.91. The van der Waals surface area contributed by atoms with Crippen molar-refractivity contribution in [3.05, 3.63) is 78.9 Å². The fourth-order valence-corrected chi connectivity index (χ4v) is 6.01. The number of sulfonamides is 1. The molecule has 0 aliphatic carbocycles. The Morgan fingerprint density at radius 1 is 0.971 bits per heavy atom. The molecule has 0 spiro atoms. The summed E-state index contributed by atoms with van der Waals surface area (Å²) in [6.07, 6.45) is 6.92. The monoisotopic (exact) mass is 474 g/mol. The van der Waals surface area contributed by atoms with E-state index in [1.807, 2.05) is 37.6 Å². The lowest BCUT2D eigenvalue weighted by molar-refractivity contribution is -0.123. The van der Waals surface area contributed by atoms with Crippen molar-refractivity contribution in [3.63, 3.8) is 0 Å². The highest BCUT2D eigenvalue weighted by atomic mass is 32.2. The molecular weight excluding hydrogens is 448 g/mol. The second kappa shape index (κ2) is 9.12. The molecule has 2 aromatic carbocycles. The van der Waals surface area contributed by atoms with Gasteiger partial charge in [0.05, 0.1) is 11.1 Å². The van der Waals surface area contributed by atoms with E-state index < -0.39 is 10.0 Å². The maximum absolute atomic E-state index is 13.0. The summed E-state index contributed by atoms with van der Waals surface area (Å²) < 4.78 is 28.9. The molecule has 0 radical (unpaired) electrons. The van der Waals surface area contributed by atoms with Gasteiger partial charge in [0.1, 0.15) is 5.78 Å². The smallest absolute Gasteiger partial charge is 0.243 e. The number of aryl methyl sites for hydroxylation is 1. The van der Waals surface area contributed by atoms with Crippen LogP contribution in [0.25, 0.3) is 21.9 Å². The first-order valence-corrected chi connectivity index (χ1v) is 12.8. The molecule has 174 valence electrons. The number of rotatable bonds is 6. The largest absolute Gasteiger partial charge is 0.299 e. The van der Waals surface area contributed by atoms with E-state index in [0.29, 0.717) is 30.8 Å². The summed E-state index contributed by atoms with van der Waals surface area (Å²) in [7, 11) is -1.63. The van der Waals surface area contributed by atoms with E-state index in [9.17, 15) is 13.2 Å². The second-order valence-electron chi connectivity index (χ2n) is 8.77. The van der Waals surface area contributed by atoms with Gasteiger partial charge in [-0.15, -0.1) is 0 Å². The Morgan fingerprint density at radius 2 is 1.74 bits per heavy atom. The summed E-state index contributed by atoms with van der Waals surface area (Å²) in [4.78, 5) is 17.8. The van der Waals surface area contributed by atoms with Gasteiger partial charge in [-0.2, -0.15) is 9.40 Å². The molecule has 0 bridgehead atoms. The lowest BCUT2D eigenvalue weighted by Crippen LogP contribution is -2.40. The van der Waals surface area contributed by atoms with Crippen molar-refractivity contribution >= 4 is 26.6 Å². The van der Waals surface area contributed by atoms with Crippen LogP contribution in [0.2, 0.25) is 0 Å². The molecule has 34 heavy (non-hydrogen) atoms. The molecule has 8 heteroatoms. The first-order valence-electron chi connectivity index (χ1n) is 11.4. The number of Topliss-reactive ketones (excluding diaryl/α,β-unsaturated/α-hetero) is 1. The normalized spacial score (nSPS) is 15.6. The highest BCUT2D eigenvalue weighted by Gasteiger charge is 2.32. The molecule has 2 aromatic heterocycles. The molecule has 1 aliphatic heterocycles. The van der Waals surface area contributed by atoms with E-state index in [0.717, 1.165) is 27.6 Å². The van der Waals surface area contributed by atoms with Gasteiger partial charge in [-0.05, 0) is 48.1 Å². The van der Waals surface area contributed by atoms with Crippen molar-refractivity contribution in [2.24, 2.45) is 13.0 Å². The number of ketones is 1. The van der Waals surface area contributed by atoms with Crippen LogP contribution in [-0.4, -0.2) is 46.4 Å². The standard InChI is InChI=1S/C26H26N4O3S/c1-29-18-23(17-28-29)20-7-8-21-16-27-24(14-22(21)13-20)15-26(31)19-9-11-30(12-10-19)34(32,33)25-5-3-2-4-6-25/h2-8,13-14,16-19H,9-12,15H2,1H3. The topological polar surface area (TPSA) is 85.2 Å². The van der Waals surface area contributed by atoms with Gasteiger partial charge in [-0.3, -0.25) is 14.5 Å². The predicted molar refractivity (Wildman–Crippen MR) is 131 cm³/mol. The third-order valence-corrected chi connectivity index (χ3v) is 8.38. The number of carbonyl (C=O) groups excluding carboxylic acids is 1. The predicted octanol–water partition coefficient (Wildman–Crippen LogP) is 3.85. The second-order valence-corrected chi connectivity index (χ2v) is 10.7. The summed E-state index contributed by atoms with van der Waals surface area (Å²) in [5.41, 5.74) is 2.84. The zero-order valence-electron chi connectivity index (χ0n) is 19.0. The van der Waals surface area contributed by atoms with Crippen molar-refractivity contribution in [2.75, 3.05) is 13.1 Å². The number of benzene rings is 2. The van der Waals surface area contributed by atoms with Crippen LogP contribution < -0.4 is 0 Å². The van der Waals surface area contributed by atoms with Crippen LogP contribution in [-0.2, 0) is 28.3 Å². The van der Waals surface area contributed by atoms with Crippen LogP contribution in [0.3, 0.4) is 0 Å². The average Bonchev–Trinajstić information content (AvgIpc) is 3.30. The number of pyridine rings is 1. The summed E-state index contributed by atoms with van der Waals surface area (Å²) in [6.45, 7) is 0.709. The van der Waals surface area contributed by atoms with Crippen LogP contribution in [0, 0.1) is 5.92 Å². The molecule has 0 N–H and O–H groups in total. The average molecular weight is 475 g/mol. The maximum Gasteiger partial charge on any atom is 0.243 e. The molecule has 1 aliphatic rings. The molecule has 1 saturated heterocycles. The molecule has 1 fully saturated rings. The van der Waals surface area contributed by atoms with Crippen LogP contribution >= 0.6 is 0 Å². The minimum atomic E-state index is -3.52. The third-order valence-electron chi connectivity index (χ3n) is 6.46. The van der Waals surface area contributed by atoms with Gasteiger partial charge >= 0.3 is 0 Å². The number of hydrogen-bond acceptors (Lipinski definition) is 5. The zero-order valence-corrected chi connectivity index (χ0v) is 19.8. The summed E-state index contributed by atoms with van der Waals surface area (Å²) in [5, 5.41) is 6.29. The molecular formula is C26H26N4O3S. The van der Waals surface area contributed by atoms with Crippen molar-refractivity contribution in [1.29, 1.82) is 0 Å². The van der Waals surface area contributed by atoms with Gasteiger partial charge in [0, 0.05) is 61.5 Å². The van der Waals surface area contributed by atoms with Crippen LogP contribution in [0.1, 0.15) is 18.5 Å². The summed E-state index contributed by atoms with van der Waals surface area (Å²) >= 11 is 0. The Labute approximate surface area is 199 Å². The van der Waals surface area contributed by atoms with Gasteiger partial charge in [0.2, 0.25) is 10.0 Å². The van der Waals surface area contributed by atoms with Crippen LogP contribution in [0.15, 0.2) is 78.1 Å². The maximum atomic E-state index is 13.0. The van der Waals surface area contributed by atoms with E-state index in [1.54, 1.807) is 41.2 Å². The van der Waals surface area contributed by atoms with Gasteiger partial charge in [-0.25, -0.2) is 8.42 Å². The highest BCUT2D eigenvalue weighted by Crippen LogP contribution is 2.27. The Morgan fingerprint density at radius 3 is 2.44 bits per heavy atom. The van der Waals surface area contributed by atoms with Gasteiger partial charge in [0.25, 0.3) is 0 Å². The quantitative estimate of drug-likeness (QED) is 0.424. The van der Waals surface area contributed by atoms with E-state index in [1.165, 1.54) is 4.31 Å². The molecule has 3 heterocycles. The Bertz CT molecular complexity index is 1440. The Balaban J connectivity index is 1.26. The minimum Gasteiger partial charge on any atom is -0.299 e. The molecule has 5 rings (SSSR count). The number of nitrogens with zero attached hydrogens (tertiary/aromatic N) is 4. The van der Waals surface area contributed by atoms with Crippen molar-refractivity contribution in [3.8, 4) is 11.1 Å². The van der Waals surface area contributed by atoms with Crippen molar-refractivity contribution < 1.29 is 13.2 Å². The Kier molecular flexibility index (Phi) is 6.02. The summed E-state index contributed by atoms with van der Waals surface area (Å²) in [6, 6.07) is 16.6. The highest BCUT2D eigenvalue weighted by molar-refractivity contribution is 7.89. The first-order chi connectivity index (χ1) is 16.4. The van der Waals surface area contributed by atoms with Crippen LogP contribution in [0.4, 0.5) is 0 Å². The SMILES string of the molecule is Cn1cc(-c2ccc3cnc(CC(=O)C4CCN(S(=O)(=O)c5ccccc5)CC4)cc3c2)cn1. The van der Waals surface area contributed by atoms with Crippen LogP contribution in [0.5, 0.6) is 0 Å². The van der Waals surface area contributed by atoms with Gasteiger partial charge < -0.3 is 0 Å². The zero-order chi connectivity index (χ0) is 23.7. The number of aromatic nitrogens is 3. The van der Waals surface area contributed by atoms with Gasteiger partial charge in [0.15, 0.2) is 0 Å². The fourth-order valence-electron chi connectivity index (χ4n) is 4.52. The van der Waals surface area contributed by atoms with E-state index in [-0.39, 0.29) is 18.1 Å². The number of piperidine rings is 1. The van der Waals surface area contributed by atoms with E-state index in [2.05, 4.69) is 16.1 Å². The molecule has 0 saturated carbocycles. The molecule has 0 unspecified atom stereocenters. The molecule has 4 aromatic rings. The minimum absolute atomic E-state index is 0.118. The lowest BCUT2D eigenvalue weighted by Gasteiger charge is -2.30. The van der Waals surface area contributed by atoms with Crippen molar-refractivity contribution in [2.45, 2.75) is 24.2 Å². The fraction of sp³-hybridized carbons (Fsp3) is 0.269. The number of carbonyl (C=O) groups is 1. The molecule has 0 atom stereocenters. The van der Waals surface area contributed by atoms with Gasteiger partial charge in [-0.1, -0.05) is 30.3 Å². The molecule has 0 amide bonds. The summed E-state index contributed by atoms with van der Waals surface area (Å²) in [5.74, 6) is -0.0338. The first kappa shape index (κ1) is 22.4.